The van der Waals surface area contributed by atoms with Crippen LogP contribution in [-0.4, -0.2) is 23.3 Å². The highest BCUT2D eigenvalue weighted by atomic mass is 16.6. The minimum atomic E-state index is -0.652. The second-order valence-corrected chi connectivity index (χ2v) is 2.98. The Morgan fingerprint density at radius 2 is 2.00 bits per heavy atom. The van der Waals surface area contributed by atoms with Crippen molar-refractivity contribution in [2.45, 2.75) is 6.92 Å². The predicted octanol–water partition coefficient (Wildman–Crippen LogP) is 1.34. The molecular formula is C10H9NO5. The molecule has 0 aromatic heterocycles. The van der Waals surface area contributed by atoms with Crippen LogP contribution < -0.4 is 0 Å². The van der Waals surface area contributed by atoms with Gasteiger partial charge in [0.1, 0.15) is 0 Å². The molecule has 6 heteroatoms. The highest BCUT2D eigenvalue weighted by Crippen LogP contribution is 2.18. The summed E-state index contributed by atoms with van der Waals surface area (Å²) < 4.78 is 4.48. The van der Waals surface area contributed by atoms with Crippen molar-refractivity contribution in [3.05, 3.63) is 39.9 Å². The lowest BCUT2D eigenvalue weighted by Gasteiger charge is -2.02. The Labute approximate surface area is 91.0 Å². The molecule has 0 unspecified atom stereocenters. The Hall–Kier alpha value is -2.24. The molecule has 0 aliphatic rings. The van der Waals surface area contributed by atoms with Gasteiger partial charge >= 0.3 is 5.97 Å². The summed E-state index contributed by atoms with van der Waals surface area (Å²) in [5, 5.41) is 10.6. The van der Waals surface area contributed by atoms with E-state index < -0.39 is 23.3 Å². The molecule has 1 aromatic carbocycles. The molecule has 16 heavy (non-hydrogen) atoms. The molecule has 1 aromatic rings. The molecule has 0 saturated carbocycles. The zero-order chi connectivity index (χ0) is 12.1. The number of ketones is 1. The zero-order valence-electron chi connectivity index (χ0n) is 8.50. The van der Waals surface area contributed by atoms with Crippen molar-refractivity contribution < 1.29 is 19.2 Å². The molecule has 0 amide bonds. The fraction of sp³-hybridized carbons (Fsp3) is 0.200. The number of carbonyl (C=O) groups excluding carboxylic acids is 2. The van der Waals surface area contributed by atoms with E-state index in [1.54, 1.807) is 0 Å². The third-order valence-corrected chi connectivity index (χ3v) is 1.81. The Morgan fingerprint density at radius 1 is 1.38 bits per heavy atom. The highest BCUT2D eigenvalue weighted by molar-refractivity contribution is 6.01. The summed E-state index contributed by atoms with van der Waals surface area (Å²) in [6.45, 7) is 0.673. The lowest BCUT2D eigenvalue weighted by Crippen LogP contribution is -2.13. The highest BCUT2D eigenvalue weighted by Gasteiger charge is 2.19. The van der Waals surface area contributed by atoms with E-state index in [0.717, 1.165) is 6.92 Å². The van der Waals surface area contributed by atoms with Gasteiger partial charge in [-0.25, -0.2) is 0 Å². The van der Waals surface area contributed by atoms with Gasteiger partial charge in [-0.3, -0.25) is 19.7 Å². The van der Waals surface area contributed by atoms with Gasteiger partial charge < -0.3 is 4.74 Å². The van der Waals surface area contributed by atoms with Gasteiger partial charge in [0.2, 0.25) is 5.78 Å². The van der Waals surface area contributed by atoms with Crippen LogP contribution in [0.15, 0.2) is 24.3 Å². The van der Waals surface area contributed by atoms with Crippen molar-refractivity contribution in [3.8, 4) is 0 Å². The molecule has 1 rings (SSSR count). The summed E-state index contributed by atoms with van der Waals surface area (Å²) in [6.07, 6.45) is 0. The monoisotopic (exact) mass is 223 g/mol. The number of Topliss-reactive ketones (excluding diaryl/α,β-unsaturated/α-hetero) is 1. The predicted molar refractivity (Wildman–Crippen MR) is 54.1 cm³/mol. The molecule has 0 saturated heterocycles. The molecule has 0 atom stereocenters. The average molecular weight is 223 g/mol. The van der Waals surface area contributed by atoms with Gasteiger partial charge in [0.15, 0.2) is 6.61 Å². The lowest BCUT2D eigenvalue weighted by atomic mass is 10.1. The third kappa shape index (κ3) is 2.88. The summed E-state index contributed by atoms with van der Waals surface area (Å²) in [5.41, 5.74) is -0.353. The van der Waals surface area contributed by atoms with Crippen molar-refractivity contribution in [2.24, 2.45) is 0 Å². The first kappa shape index (κ1) is 11.8. The molecule has 0 spiro atoms. The summed E-state index contributed by atoms with van der Waals surface area (Å²) in [7, 11) is 0. The third-order valence-electron chi connectivity index (χ3n) is 1.81. The second-order valence-electron chi connectivity index (χ2n) is 2.98. The number of carbonyl (C=O) groups is 2. The van der Waals surface area contributed by atoms with Crippen LogP contribution in [-0.2, 0) is 9.53 Å². The Bertz CT molecular complexity index is 441. The molecule has 0 radical (unpaired) electrons. The molecule has 0 heterocycles. The fourth-order valence-corrected chi connectivity index (χ4v) is 1.11. The molecule has 0 N–H and O–H groups in total. The minimum absolute atomic E-state index is 0.0613. The maximum atomic E-state index is 11.5. The summed E-state index contributed by atoms with van der Waals surface area (Å²) in [6, 6.07) is 5.51. The van der Waals surface area contributed by atoms with Crippen LogP contribution >= 0.6 is 0 Å². The lowest BCUT2D eigenvalue weighted by molar-refractivity contribution is -0.385. The van der Waals surface area contributed by atoms with Gasteiger partial charge in [-0.2, -0.15) is 0 Å². The van der Waals surface area contributed by atoms with Gasteiger partial charge in [0.05, 0.1) is 10.5 Å². The quantitative estimate of drug-likeness (QED) is 0.332. The minimum Gasteiger partial charge on any atom is -0.457 e. The topological polar surface area (TPSA) is 86.5 Å². The van der Waals surface area contributed by atoms with Crippen molar-refractivity contribution in [1.29, 1.82) is 0 Å². The number of ether oxygens (including phenoxy) is 1. The molecule has 0 aliphatic heterocycles. The number of benzene rings is 1. The zero-order valence-corrected chi connectivity index (χ0v) is 8.50. The van der Waals surface area contributed by atoms with E-state index in [0.29, 0.717) is 0 Å². The van der Waals surface area contributed by atoms with Gasteiger partial charge in [-0.15, -0.1) is 0 Å². The van der Waals surface area contributed by atoms with E-state index in [-0.39, 0.29) is 11.3 Å². The van der Waals surface area contributed by atoms with E-state index in [9.17, 15) is 19.7 Å². The number of hydrogen-bond donors (Lipinski definition) is 0. The number of nitro groups is 1. The molecule has 6 nitrogen and oxygen atoms in total. The smallest absolute Gasteiger partial charge is 0.303 e. The second kappa shape index (κ2) is 5.01. The number of esters is 1. The fourth-order valence-electron chi connectivity index (χ4n) is 1.11. The summed E-state index contributed by atoms with van der Waals surface area (Å²) in [5.74, 6) is -1.20. The van der Waals surface area contributed by atoms with Crippen LogP contribution in [0.2, 0.25) is 0 Å². The molecular weight excluding hydrogens is 214 g/mol. The maximum absolute atomic E-state index is 11.5. The van der Waals surface area contributed by atoms with Crippen LogP contribution in [0, 0.1) is 10.1 Å². The van der Waals surface area contributed by atoms with Crippen LogP contribution in [0.4, 0.5) is 5.69 Å². The maximum Gasteiger partial charge on any atom is 0.303 e. The molecule has 84 valence electrons. The molecule has 0 fully saturated rings. The standard InChI is InChI=1S/C10H9NO5/c1-7(12)16-6-10(13)8-4-2-3-5-9(8)11(14)15/h2-5H,6H2,1H3. The summed E-state index contributed by atoms with van der Waals surface area (Å²) >= 11 is 0. The van der Waals surface area contributed by atoms with Gasteiger partial charge in [0.25, 0.3) is 5.69 Å². The van der Waals surface area contributed by atoms with Crippen molar-refractivity contribution in [1.82, 2.24) is 0 Å². The number of rotatable bonds is 4. The van der Waals surface area contributed by atoms with Crippen LogP contribution in [0.3, 0.4) is 0 Å². The number of para-hydroxylation sites is 1. The Balaban J connectivity index is 2.90. The van der Waals surface area contributed by atoms with E-state index in [4.69, 9.17) is 0 Å². The largest absolute Gasteiger partial charge is 0.457 e. The van der Waals surface area contributed by atoms with Crippen molar-refractivity contribution in [3.63, 3.8) is 0 Å². The first-order chi connectivity index (χ1) is 7.52. The first-order valence-corrected chi connectivity index (χ1v) is 4.42. The van der Waals surface area contributed by atoms with Crippen molar-refractivity contribution in [2.75, 3.05) is 6.61 Å². The normalized spacial score (nSPS) is 9.56. The van der Waals surface area contributed by atoms with E-state index in [1.165, 1.54) is 24.3 Å². The van der Waals surface area contributed by atoms with Crippen LogP contribution in [0.25, 0.3) is 0 Å². The van der Waals surface area contributed by atoms with Gasteiger partial charge in [0, 0.05) is 13.0 Å². The average Bonchev–Trinajstić information content (AvgIpc) is 2.25. The SMILES string of the molecule is CC(=O)OCC(=O)c1ccccc1[N+](=O)[O-]. The Morgan fingerprint density at radius 3 is 2.56 bits per heavy atom. The number of nitro benzene ring substituents is 1. The van der Waals surface area contributed by atoms with E-state index >= 15 is 0 Å². The van der Waals surface area contributed by atoms with E-state index in [1.807, 2.05) is 0 Å². The number of nitrogens with zero attached hydrogens (tertiary/aromatic N) is 1. The first-order valence-electron chi connectivity index (χ1n) is 4.42. The Kier molecular flexibility index (Phi) is 3.71. The van der Waals surface area contributed by atoms with Crippen LogP contribution in [0.5, 0.6) is 0 Å². The van der Waals surface area contributed by atoms with Crippen LogP contribution in [0.1, 0.15) is 17.3 Å². The molecule has 0 bridgehead atoms. The number of hydrogen-bond acceptors (Lipinski definition) is 5. The van der Waals surface area contributed by atoms with Crippen molar-refractivity contribution >= 4 is 17.4 Å². The van der Waals surface area contributed by atoms with Gasteiger partial charge in [-0.05, 0) is 6.07 Å². The summed E-state index contributed by atoms with van der Waals surface area (Å²) in [4.78, 5) is 31.9. The molecule has 0 aliphatic carbocycles. The van der Waals surface area contributed by atoms with Gasteiger partial charge in [-0.1, -0.05) is 12.1 Å². The van der Waals surface area contributed by atoms with E-state index in [2.05, 4.69) is 4.74 Å².